The molecule has 0 radical (unpaired) electrons. The maximum absolute atomic E-state index is 11.7. The molecule has 0 aromatic carbocycles. The van der Waals surface area contributed by atoms with Crippen LogP contribution in [-0.2, 0) is 4.79 Å². The number of carbonyl (C=O) groups excluding carboxylic acids is 1. The number of hydrogen-bond donors (Lipinski definition) is 3. The second-order valence-corrected chi connectivity index (χ2v) is 5.76. The Morgan fingerprint density at radius 3 is 2.17 bits per heavy atom. The molecule has 1 aliphatic rings. The molecular weight excluding hydrogens is 232 g/mol. The van der Waals surface area contributed by atoms with Gasteiger partial charge < -0.3 is 15.7 Å². The van der Waals surface area contributed by atoms with Crippen LogP contribution in [0.3, 0.4) is 0 Å². The zero-order valence-electron chi connectivity index (χ0n) is 11.6. The second-order valence-electron chi connectivity index (χ2n) is 5.76. The zero-order valence-corrected chi connectivity index (χ0v) is 11.6. The number of carboxylic acid groups (broad SMARTS) is 1. The summed E-state index contributed by atoms with van der Waals surface area (Å²) in [4.78, 5) is 22.4. The van der Waals surface area contributed by atoms with Gasteiger partial charge in [0, 0.05) is 12.6 Å². The molecule has 18 heavy (non-hydrogen) atoms. The van der Waals surface area contributed by atoms with Gasteiger partial charge in [-0.3, -0.25) is 4.79 Å². The van der Waals surface area contributed by atoms with Crippen molar-refractivity contribution in [2.75, 3.05) is 6.54 Å². The smallest absolute Gasteiger partial charge is 0.315 e. The minimum Gasteiger partial charge on any atom is -0.481 e. The molecule has 1 saturated carbocycles. The number of aliphatic carboxylic acids is 1. The third-order valence-electron chi connectivity index (χ3n) is 4.22. The number of rotatable bonds is 6. The van der Waals surface area contributed by atoms with Crippen LogP contribution in [0.2, 0.25) is 0 Å². The Morgan fingerprint density at radius 1 is 1.22 bits per heavy atom. The first-order chi connectivity index (χ1) is 8.28. The van der Waals surface area contributed by atoms with E-state index >= 15 is 0 Å². The van der Waals surface area contributed by atoms with Gasteiger partial charge >= 0.3 is 12.0 Å². The van der Waals surface area contributed by atoms with Crippen LogP contribution in [0.4, 0.5) is 4.79 Å². The summed E-state index contributed by atoms with van der Waals surface area (Å²) in [5.41, 5.74) is 0.263. The van der Waals surface area contributed by atoms with Crippen molar-refractivity contribution in [1.82, 2.24) is 10.6 Å². The van der Waals surface area contributed by atoms with E-state index < -0.39 is 11.9 Å². The van der Waals surface area contributed by atoms with Gasteiger partial charge in [0.1, 0.15) is 0 Å². The second kappa shape index (κ2) is 5.59. The van der Waals surface area contributed by atoms with Crippen LogP contribution in [0.25, 0.3) is 0 Å². The third-order valence-corrected chi connectivity index (χ3v) is 4.22. The summed E-state index contributed by atoms with van der Waals surface area (Å²) in [7, 11) is 0. The van der Waals surface area contributed by atoms with E-state index in [9.17, 15) is 9.59 Å². The Hall–Kier alpha value is -1.26. The Bertz CT molecular complexity index is 324. The Kier molecular flexibility index (Phi) is 4.59. The number of nitrogens with one attached hydrogen (secondary N) is 2. The number of carboxylic acids is 1. The molecular formula is C13H24N2O3. The molecule has 2 amide bonds. The van der Waals surface area contributed by atoms with E-state index in [1.807, 2.05) is 0 Å². The van der Waals surface area contributed by atoms with E-state index in [0.29, 0.717) is 12.5 Å². The van der Waals surface area contributed by atoms with Crippen molar-refractivity contribution in [3.05, 3.63) is 0 Å². The molecule has 104 valence electrons. The predicted molar refractivity (Wildman–Crippen MR) is 69.3 cm³/mol. The zero-order chi connectivity index (χ0) is 13.9. The van der Waals surface area contributed by atoms with E-state index in [0.717, 1.165) is 12.8 Å². The molecule has 1 fully saturated rings. The minimum absolute atomic E-state index is 0.263. The monoisotopic (exact) mass is 256 g/mol. The molecule has 2 unspecified atom stereocenters. The first-order valence-electron chi connectivity index (χ1n) is 6.55. The highest BCUT2D eigenvalue weighted by molar-refractivity contribution is 5.76. The number of hydrogen-bond acceptors (Lipinski definition) is 2. The Morgan fingerprint density at radius 2 is 1.78 bits per heavy atom. The number of urea groups is 1. The quantitative estimate of drug-likeness (QED) is 0.678. The lowest BCUT2D eigenvalue weighted by atomic mass is 9.92. The van der Waals surface area contributed by atoms with Gasteiger partial charge in [-0.25, -0.2) is 4.79 Å². The molecule has 0 spiro atoms. The number of amides is 2. The SMILES string of the molecule is CC(NC(=O)NCC1(C(C)C)CC1)C(C)C(=O)O. The van der Waals surface area contributed by atoms with Crippen LogP contribution in [-0.4, -0.2) is 29.7 Å². The van der Waals surface area contributed by atoms with Crippen LogP contribution in [0.5, 0.6) is 0 Å². The molecule has 2 atom stereocenters. The predicted octanol–water partition coefficient (Wildman–Crippen LogP) is 1.83. The van der Waals surface area contributed by atoms with Crippen LogP contribution < -0.4 is 10.6 Å². The van der Waals surface area contributed by atoms with Gasteiger partial charge in [-0.2, -0.15) is 0 Å². The van der Waals surface area contributed by atoms with Gasteiger partial charge in [-0.05, 0) is 38.0 Å². The van der Waals surface area contributed by atoms with Crippen molar-refractivity contribution in [3.63, 3.8) is 0 Å². The Balaban J connectivity index is 2.32. The molecule has 0 aromatic rings. The molecule has 0 saturated heterocycles. The van der Waals surface area contributed by atoms with Crippen LogP contribution in [0.15, 0.2) is 0 Å². The fraction of sp³-hybridized carbons (Fsp3) is 0.846. The molecule has 5 heteroatoms. The van der Waals surface area contributed by atoms with Gasteiger partial charge in [-0.1, -0.05) is 13.8 Å². The lowest BCUT2D eigenvalue weighted by molar-refractivity contribution is -0.141. The third kappa shape index (κ3) is 3.62. The first kappa shape index (κ1) is 14.8. The van der Waals surface area contributed by atoms with Crippen molar-refractivity contribution < 1.29 is 14.7 Å². The maximum atomic E-state index is 11.7. The topological polar surface area (TPSA) is 78.4 Å². The van der Waals surface area contributed by atoms with E-state index in [2.05, 4.69) is 24.5 Å². The summed E-state index contributed by atoms with van der Waals surface area (Å²) in [6.45, 7) is 8.30. The van der Waals surface area contributed by atoms with Crippen molar-refractivity contribution in [3.8, 4) is 0 Å². The van der Waals surface area contributed by atoms with Crippen molar-refractivity contribution in [2.45, 2.75) is 46.6 Å². The van der Waals surface area contributed by atoms with Crippen LogP contribution in [0.1, 0.15) is 40.5 Å². The van der Waals surface area contributed by atoms with E-state index in [4.69, 9.17) is 5.11 Å². The molecule has 0 aromatic heterocycles. The van der Waals surface area contributed by atoms with Crippen molar-refractivity contribution in [1.29, 1.82) is 0 Å². The molecule has 0 heterocycles. The lowest BCUT2D eigenvalue weighted by Gasteiger charge is -2.22. The highest BCUT2D eigenvalue weighted by Gasteiger charge is 2.45. The summed E-state index contributed by atoms with van der Waals surface area (Å²) in [5, 5.41) is 14.4. The molecule has 0 aliphatic heterocycles. The summed E-state index contributed by atoms with van der Waals surface area (Å²) in [6.07, 6.45) is 2.32. The van der Waals surface area contributed by atoms with Crippen LogP contribution >= 0.6 is 0 Å². The summed E-state index contributed by atoms with van der Waals surface area (Å²) in [5.74, 6) is -0.924. The van der Waals surface area contributed by atoms with Gasteiger partial charge in [0.2, 0.25) is 0 Å². The van der Waals surface area contributed by atoms with Crippen LogP contribution in [0, 0.1) is 17.3 Å². The molecule has 5 nitrogen and oxygen atoms in total. The van der Waals surface area contributed by atoms with Gasteiger partial charge in [0.15, 0.2) is 0 Å². The summed E-state index contributed by atoms with van der Waals surface area (Å²) >= 11 is 0. The van der Waals surface area contributed by atoms with Gasteiger partial charge in [0.25, 0.3) is 0 Å². The Labute approximate surface area is 108 Å². The molecule has 1 rings (SSSR count). The standard InChI is InChI=1S/C13H24N2O3/c1-8(2)13(5-6-13)7-14-12(18)15-10(4)9(3)11(16)17/h8-10H,5-7H2,1-4H3,(H,16,17)(H2,14,15,18). The fourth-order valence-corrected chi connectivity index (χ4v) is 1.97. The van der Waals surface area contributed by atoms with Gasteiger partial charge in [-0.15, -0.1) is 0 Å². The average molecular weight is 256 g/mol. The lowest BCUT2D eigenvalue weighted by Crippen LogP contribution is -2.47. The van der Waals surface area contributed by atoms with Crippen molar-refractivity contribution in [2.24, 2.45) is 17.3 Å². The molecule has 1 aliphatic carbocycles. The minimum atomic E-state index is -0.899. The molecule has 3 N–H and O–H groups in total. The fourth-order valence-electron chi connectivity index (χ4n) is 1.97. The number of carbonyl (C=O) groups is 2. The normalized spacial score (nSPS) is 20.1. The highest BCUT2D eigenvalue weighted by atomic mass is 16.4. The highest BCUT2D eigenvalue weighted by Crippen LogP contribution is 2.51. The average Bonchev–Trinajstić information content (AvgIpc) is 3.06. The van der Waals surface area contributed by atoms with E-state index in [1.165, 1.54) is 0 Å². The van der Waals surface area contributed by atoms with Crippen molar-refractivity contribution >= 4 is 12.0 Å². The maximum Gasteiger partial charge on any atom is 0.315 e. The largest absolute Gasteiger partial charge is 0.481 e. The first-order valence-corrected chi connectivity index (χ1v) is 6.55. The van der Waals surface area contributed by atoms with E-state index in [1.54, 1.807) is 13.8 Å². The summed E-state index contributed by atoms with van der Waals surface area (Å²) in [6, 6.07) is -0.653. The van der Waals surface area contributed by atoms with Gasteiger partial charge in [0.05, 0.1) is 5.92 Å². The van der Waals surface area contributed by atoms with E-state index in [-0.39, 0.29) is 17.5 Å². The summed E-state index contributed by atoms with van der Waals surface area (Å²) < 4.78 is 0. The molecule has 0 bridgehead atoms.